The zero-order valence-corrected chi connectivity index (χ0v) is 6.13. The first-order valence-corrected chi connectivity index (χ1v) is 3.37. The Morgan fingerprint density at radius 2 is 2.30 bits per heavy atom. The summed E-state index contributed by atoms with van der Waals surface area (Å²) in [6.45, 7) is 2.05. The molecule has 0 aromatic heterocycles. The van der Waals surface area contributed by atoms with Crippen molar-refractivity contribution >= 4 is 5.97 Å². The Morgan fingerprint density at radius 3 is 2.70 bits per heavy atom. The number of carboxylic acid groups (broad SMARTS) is 1. The van der Waals surface area contributed by atoms with Gasteiger partial charge in [0, 0.05) is 0 Å². The van der Waals surface area contributed by atoms with E-state index in [2.05, 4.69) is 0 Å². The number of hydrogen-bond donors (Lipinski definition) is 2. The van der Waals surface area contributed by atoms with Crippen molar-refractivity contribution in [2.75, 3.05) is 0 Å². The van der Waals surface area contributed by atoms with Crippen LogP contribution in [0.2, 0.25) is 0 Å². The average Bonchev–Trinajstić information content (AvgIpc) is 1.88. The van der Waals surface area contributed by atoms with Gasteiger partial charge in [-0.25, -0.2) is 4.79 Å². The van der Waals surface area contributed by atoms with Gasteiger partial charge in [-0.1, -0.05) is 19.4 Å². The zero-order chi connectivity index (χ0) is 7.98. The largest absolute Gasteiger partial charge is 0.477 e. The summed E-state index contributed by atoms with van der Waals surface area (Å²) in [5.41, 5.74) is 5.07. The average molecular weight is 143 g/mol. The molecule has 0 aliphatic rings. The molecule has 0 saturated carbocycles. The first-order valence-electron chi connectivity index (χ1n) is 3.37. The highest BCUT2D eigenvalue weighted by Gasteiger charge is 1.97. The molecular weight excluding hydrogens is 130 g/mol. The summed E-state index contributed by atoms with van der Waals surface area (Å²) >= 11 is 0. The van der Waals surface area contributed by atoms with Crippen molar-refractivity contribution in [3.63, 3.8) is 0 Å². The van der Waals surface area contributed by atoms with Gasteiger partial charge in [0.15, 0.2) is 0 Å². The van der Waals surface area contributed by atoms with Gasteiger partial charge in [0.05, 0.1) is 0 Å². The van der Waals surface area contributed by atoms with Gasteiger partial charge in [0.25, 0.3) is 0 Å². The molecule has 0 fully saturated rings. The van der Waals surface area contributed by atoms with Gasteiger partial charge in [-0.05, 0) is 12.8 Å². The second-order valence-electron chi connectivity index (χ2n) is 2.11. The molecule has 0 saturated heterocycles. The molecule has 0 aromatic carbocycles. The predicted molar refractivity (Wildman–Crippen MR) is 39.4 cm³/mol. The van der Waals surface area contributed by atoms with E-state index < -0.39 is 5.97 Å². The van der Waals surface area contributed by atoms with Gasteiger partial charge in [-0.15, -0.1) is 0 Å². The summed E-state index contributed by atoms with van der Waals surface area (Å²) in [7, 11) is 0. The highest BCUT2D eigenvalue weighted by Crippen LogP contribution is 1.96. The maximum Gasteiger partial charge on any atom is 0.351 e. The van der Waals surface area contributed by atoms with Crippen molar-refractivity contribution in [3.05, 3.63) is 11.8 Å². The predicted octanol–water partition coefficient (Wildman–Crippen LogP) is 1.10. The number of allylic oxidation sites excluding steroid dienone is 1. The molecule has 0 aliphatic heterocycles. The van der Waals surface area contributed by atoms with Crippen LogP contribution in [0, 0.1) is 0 Å². The standard InChI is InChI=1S/C7H13NO2/c1-2-3-4-5-6(8)7(9)10/h5H,2-4,8H2,1H3,(H,9,10). The van der Waals surface area contributed by atoms with E-state index in [4.69, 9.17) is 10.8 Å². The third-order valence-corrected chi connectivity index (χ3v) is 1.17. The molecular formula is C7H13NO2. The number of unbranched alkanes of at least 4 members (excludes halogenated alkanes) is 2. The van der Waals surface area contributed by atoms with Gasteiger partial charge < -0.3 is 10.8 Å². The highest BCUT2D eigenvalue weighted by molar-refractivity contribution is 5.85. The molecule has 10 heavy (non-hydrogen) atoms. The molecule has 0 heterocycles. The van der Waals surface area contributed by atoms with Crippen LogP contribution in [0.4, 0.5) is 0 Å². The minimum Gasteiger partial charge on any atom is -0.477 e. The van der Waals surface area contributed by atoms with Crippen LogP contribution in [0.5, 0.6) is 0 Å². The van der Waals surface area contributed by atoms with Gasteiger partial charge >= 0.3 is 5.97 Å². The lowest BCUT2D eigenvalue weighted by atomic mass is 10.2. The first-order chi connectivity index (χ1) is 4.68. The van der Waals surface area contributed by atoms with Gasteiger partial charge in [-0.2, -0.15) is 0 Å². The molecule has 3 N–H and O–H groups in total. The van der Waals surface area contributed by atoms with E-state index >= 15 is 0 Å². The Balaban J connectivity index is 3.58. The maximum atomic E-state index is 10.1. The Hall–Kier alpha value is -0.990. The van der Waals surface area contributed by atoms with Crippen LogP contribution >= 0.6 is 0 Å². The van der Waals surface area contributed by atoms with E-state index in [1.54, 1.807) is 6.08 Å². The van der Waals surface area contributed by atoms with E-state index in [0.717, 1.165) is 19.3 Å². The van der Waals surface area contributed by atoms with Crippen LogP contribution < -0.4 is 5.73 Å². The lowest BCUT2D eigenvalue weighted by Gasteiger charge is -1.92. The van der Waals surface area contributed by atoms with Crippen molar-refractivity contribution in [3.8, 4) is 0 Å². The fraction of sp³-hybridized carbons (Fsp3) is 0.571. The van der Waals surface area contributed by atoms with Crippen molar-refractivity contribution in [2.24, 2.45) is 5.73 Å². The molecule has 0 aromatic rings. The van der Waals surface area contributed by atoms with Crippen LogP contribution in [-0.4, -0.2) is 11.1 Å². The summed E-state index contributed by atoms with van der Waals surface area (Å²) in [4.78, 5) is 10.1. The fourth-order valence-corrected chi connectivity index (χ4v) is 0.549. The molecule has 0 aliphatic carbocycles. The van der Waals surface area contributed by atoms with Crippen LogP contribution in [0.1, 0.15) is 26.2 Å². The monoisotopic (exact) mass is 143 g/mol. The normalized spacial score (nSPS) is 11.5. The molecule has 0 amide bonds. The maximum absolute atomic E-state index is 10.1. The summed E-state index contributed by atoms with van der Waals surface area (Å²) in [6, 6.07) is 0. The van der Waals surface area contributed by atoms with Crippen molar-refractivity contribution in [1.82, 2.24) is 0 Å². The number of carbonyl (C=O) groups is 1. The van der Waals surface area contributed by atoms with Crippen LogP contribution in [0.25, 0.3) is 0 Å². The summed E-state index contributed by atoms with van der Waals surface area (Å²) in [6.07, 6.45) is 4.36. The summed E-state index contributed by atoms with van der Waals surface area (Å²) < 4.78 is 0. The topological polar surface area (TPSA) is 63.3 Å². The van der Waals surface area contributed by atoms with Crippen molar-refractivity contribution < 1.29 is 9.90 Å². The second kappa shape index (κ2) is 4.85. The molecule has 0 unspecified atom stereocenters. The molecule has 0 bridgehead atoms. The molecule has 58 valence electrons. The van der Waals surface area contributed by atoms with E-state index in [1.807, 2.05) is 6.92 Å². The molecule has 0 atom stereocenters. The Morgan fingerprint density at radius 1 is 1.70 bits per heavy atom. The van der Waals surface area contributed by atoms with Gasteiger partial charge in [-0.3, -0.25) is 0 Å². The Kier molecular flexibility index (Phi) is 4.37. The molecule has 3 heteroatoms. The number of rotatable bonds is 4. The number of aliphatic carboxylic acids is 1. The minimum absolute atomic E-state index is 0.0477. The van der Waals surface area contributed by atoms with Gasteiger partial charge in [0.2, 0.25) is 0 Å². The fourth-order valence-electron chi connectivity index (χ4n) is 0.549. The summed E-state index contributed by atoms with van der Waals surface area (Å²) in [5.74, 6) is -1.03. The molecule has 0 rings (SSSR count). The Labute approximate surface area is 60.5 Å². The third-order valence-electron chi connectivity index (χ3n) is 1.17. The number of nitrogens with two attached hydrogens (primary N) is 1. The van der Waals surface area contributed by atoms with E-state index in [1.165, 1.54) is 0 Å². The van der Waals surface area contributed by atoms with Crippen molar-refractivity contribution in [2.45, 2.75) is 26.2 Å². The van der Waals surface area contributed by atoms with Crippen LogP contribution in [0.3, 0.4) is 0 Å². The van der Waals surface area contributed by atoms with E-state index in [9.17, 15) is 4.79 Å². The lowest BCUT2D eigenvalue weighted by molar-refractivity contribution is -0.132. The molecule has 0 spiro atoms. The smallest absolute Gasteiger partial charge is 0.351 e. The lowest BCUT2D eigenvalue weighted by Crippen LogP contribution is -2.09. The minimum atomic E-state index is -1.03. The third kappa shape index (κ3) is 3.95. The van der Waals surface area contributed by atoms with Gasteiger partial charge in [0.1, 0.15) is 5.70 Å². The SMILES string of the molecule is CCCCC=C(N)C(=O)O. The molecule has 0 radical (unpaired) electrons. The van der Waals surface area contributed by atoms with Crippen molar-refractivity contribution in [1.29, 1.82) is 0 Å². The summed E-state index contributed by atoms with van der Waals surface area (Å²) in [5, 5.41) is 8.29. The second-order valence-corrected chi connectivity index (χ2v) is 2.11. The highest BCUT2D eigenvalue weighted by atomic mass is 16.4. The zero-order valence-electron chi connectivity index (χ0n) is 6.13. The van der Waals surface area contributed by atoms with Crippen LogP contribution in [0.15, 0.2) is 11.8 Å². The molecule has 3 nitrogen and oxygen atoms in total. The van der Waals surface area contributed by atoms with Crippen LogP contribution in [-0.2, 0) is 4.79 Å². The number of hydrogen-bond acceptors (Lipinski definition) is 2. The quantitative estimate of drug-likeness (QED) is 0.457. The van der Waals surface area contributed by atoms with E-state index in [-0.39, 0.29) is 5.70 Å². The first kappa shape index (κ1) is 9.01. The number of carboxylic acids is 1. The Bertz CT molecular complexity index is 141. The van der Waals surface area contributed by atoms with E-state index in [0.29, 0.717) is 0 Å².